The third kappa shape index (κ3) is 1.39. The third-order valence-corrected chi connectivity index (χ3v) is 2.89. The number of carbonyl (C=O) groups excluding carboxylic acids is 1. The van der Waals surface area contributed by atoms with E-state index in [4.69, 9.17) is 16.3 Å². The summed E-state index contributed by atoms with van der Waals surface area (Å²) in [5.41, 5.74) is 2.29. The van der Waals surface area contributed by atoms with Gasteiger partial charge in [0.15, 0.2) is 6.29 Å². The van der Waals surface area contributed by atoms with Crippen molar-refractivity contribution in [3.05, 3.63) is 28.4 Å². The number of H-pyrrole nitrogens is 1. The molecule has 3 nitrogen and oxygen atoms in total. The van der Waals surface area contributed by atoms with Crippen LogP contribution in [0, 0.1) is 6.92 Å². The number of nitrogens with one attached hydrogen (secondary N) is 1. The second-order valence-electron chi connectivity index (χ2n) is 3.30. The molecule has 1 heterocycles. The molecule has 0 saturated carbocycles. The summed E-state index contributed by atoms with van der Waals surface area (Å²) in [6.07, 6.45) is 2.46. The van der Waals surface area contributed by atoms with Gasteiger partial charge in [0.2, 0.25) is 0 Å². The smallest absolute Gasteiger partial charge is 0.152 e. The van der Waals surface area contributed by atoms with E-state index in [0.717, 1.165) is 22.8 Å². The summed E-state index contributed by atoms with van der Waals surface area (Å²) in [7, 11) is 1.57. The molecule has 0 fully saturated rings. The quantitative estimate of drug-likeness (QED) is 0.796. The lowest BCUT2D eigenvalue weighted by Crippen LogP contribution is -1.88. The van der Waals surface area contributed by atoms with Gasteiger partial charge in [-0.2, -0.15) is 0 Å². The molecule has 0 aliphatic rings. The summed E-state index contributed by atoms with van der Waals surface area (Å²) < 4.78 is 5.19. The van der Waals surface area contributed by atoms with Gasteiger partial charge in [-0.25, -0.2) is 0 Å². The average Bonchev–Trinajstić information content (AvgIpc) is 2.67. The SMILES string of the molecule is COc1cc(Cl)c(C)c2c(C=O)c[nH]c12. The fourth-order valence-corrected chi connectivity index (χ4v) is 1.90. The van der Waals surface area contributed by atoms with Gasteiger partial charge in [-0.3, -0.25) is 4.79 Å². The maximum absolute atomic E-state index is 10.8. The van der Waals surface area contributed by atoms with Crippen LogP contribution in [-0.4, -0.2) is 18.4 Å². The lowest BCUT2D eigenvalue weighted by atomic mass is 10.1. The standard InChI is InChI=1S/C11H10ClNO2/c1-6-8(12)3-9(15-2)11-10(6)7(5-14)4-13-11/h3-5,13H,1-2H3. The Morgan fingerprint density at radius 1 is 1.53 bits per heavy atom. The third-order valence-electron chi connectivity index (χ3n) is 2.50. The number of halogens is 1. The predicted molar refractivity (Wildman–Crippen MR) is 60.0 cm³/mol. The number of benzene rings is 1. The summed E-state index contributed by atoms with van der Waals surface area (Å²) in [6.45, 7) is 1.88. The second-order valence-corrected chi connectivity index (χ2v) is 3.70. The van der Waals surface area contributed by atoms with Crippen LogP contribution in [0.3, 0.4) is 0 Å². The van der Waals surface area contributed by atoms with Crippen LogP contribution in [-0.2, 0) is 0 Å². The van der Waals surface area contributed by atoms with Gasteiger partial charge in [-0.15, -0.1) is 0 Å². The van der Waals surface area contributed by atoms with Crippen LogP contribution in [0.2, 0.25) is 5.02 Å². The van der Waals surface area contributed by atoms with Gasteiger partial charge in [-0.1, -0.05) is 11.6 Å². The van der Waals surface area contributed by atoms with Gasteiger partial charge >= 0.3 is 0 Å². The minimum atomic E-state index is 0.599. The molecule has 78 valence electrons. The van der Waals surface area contributed by atoms with Crippen molar-refractivity contribution in [2.75, 3.05) is 7.11 Å². The lowest BCUT2D eigenvalue weighted by Gasteiger charge is -2.06. The number of carbonyl (C=O) groups is 1. The first-order chi connectivity index (χ1) is 7.19. The van der Waals surface area contributed by atoms with Crippen molar-refractivity contribution >= 4 is 28.8 Å². The van der Waals surface area contributed by atoms with Gasteiger partial charge in [0.25, 0.3) is 0 Å². The van der Waals surface area contributed by atoms with E-state index in [-0.39, 0.29) is 0 Å². The van der Waals surface area contributed by atoms with Crippen molar-refractivity contribution in [2.24, 2.45) is 0 Å². The molecule has 0 spiro atoms. The number of methoxy groups -OCH3 is 1. The molecule has 4 heteroatoms. The fraction of sp³-hybridized carbons (Fsp3) is 0.182. The van der Waals surface area contributed by atoms with Gasteiger partial charge < -0.3 is 9.72 Å². The maximum Gasteiger partial charge on any atom is 0.152 e. The van der Waals surface area contributed by atoms with Crippen molar-refractivity contribution < 1.29 is 9.53 Å². The van der Waals surface area contributed by atoms with Crippen molar-refractivity contribution in [3.63, 3.8) is 0 Å². The molecule has 0 aliphatic carbocycles. The molecule has 1 N–H and O–H groups in total. The van der Waals surface area contributed by atoms with Crippen LogP contribution in [0.15, 0.2) is 12.3 Å². The largest absolute Gasteiger partial charge is 0.495 e. The Labute approximate surface area is 92.0 Å². The summed E-state index contributed by atoms with van der Waals surface area (Å²) in [4.78, 5) is 13.9. The van der Waals surface area contributed by atoms with Crippen LogP contribution in [0.4, 0.5) is 0 Å². The van der Waals surface area contributed by atoms with Crippen LogP contribution in [0.25, 0.3) is 10.9 Å². The van der Waals surface area contributed by atoms with Crippen LogP contribution in [0.5, 0.6) is 5.75 Å². The first-order valence-electron chi connectivity index (χ1n) is 4.48. The normalized spacial score (nSPS) is 10.6. The second kappa shape index (κ2) is 3.59. The van der Waals surface area contributed by atoms with Gasteiger partial charge in [-0.05, 0) is 12.5 Å². The highest BCUT2D eigenvalue weighted by molar-refractivity contribution is 6.33. The molecule has 0 amide bonds. The Bertz CT molecular complexity index is 531. The Kier molecular flexibility index (Phi) is 2.40. The highest BCUT2D eigenvalue weighted by atomic mass is 35.5. The van der Waals surface area contributed by atoms with E-state index in [1.54, 1.807) is 19.4 Å². The van der Waals surface area contributed by atoms with Crippen LogP contribution in [0.1, 0.15) is 15.9 Å². The van der Waals surface area contributed by atoms with Crippen LogP contribution >= 0.6 is 11.6 Å². The fourth-order valence-electron chi connectivity index (χ4n) is 1.71. The molecule has 0 saturated heterocycles. The molecule has 0 unspecified atom stereocenters. The van der Waals surface area contributed by atoms with E-state index < -0.39 is 0 Å². The molecule has 0 bridgehead atoms. The molecule has 0 atom stereocenters. The summed E-state index contributed by atoms with van der Waals surface area (Å²) in [5.74, 6) is 0.647. The van der Waals surface area contributed by atoms with Crippen molar-refractivity contribution in [1.29, 1.82) is 0 Å². The molecule has 2 aromatic rings. The molecule has 15 heavy (non-hydrogen) atoms. The number of aromatic amines is 1. The number of ether oxygens (including phenoxy) is 1. The van der Waals surface area contributed by atoms with E-state index in [1.165, 1.54) is 0 Å². The highest BCUT2D eigenvalue weighted by Crippen LogP contribution is 2.34. The zero-order valence-electron chi connectivity index (χ0n) is 8.43. The molecule has 0 aliphatic heterocycles. The van der Waals surface area contributed by atoms with Gasteiger partial charge in [0, 0.05) is 28.2 Å². The Morgan fingerprint density at radius 2 is 2.27 bits per heavy atom. The van der Waals surface area contributed by atoms with E-state index in [9.17, 15) is 4.79 Å². The predicted octanol–water partition coefficient (Wildman–Crippen LogP) is 2.95. The minimum absolute atomic E-state index is 0.599. The van der Waals surface area contributed by atoms with Crippen molar-refractivity contribution in [1.82, 2.24) is 4.98 Å². The van der Waals surface area contributed by atoms with Crippen molar-refractivity contribution in [2.45, 2.75) is 6.92 Å². The molecule has 1 aromatic carbocycles. The molecule has 2 rings (SSSR count). The molecule has 0 radical (unpaired) electrons. The highest BCUT2D eigenvalue weighted by Gasteiger charge is 2.13. The monoisotopic (exact) mass is 223 g/mol. The van der Waals surface area contributed by atoms with Gasteiger partial charge in [0.1, 0.15) is 5.75 Å². The summed E-state index contributed by atoms with van der Waals surface area (Å²) in [5, 5.41) is 1.43. The van der Waals surface area contributed by atoms with E-state index >= 15 is 0 Å². The Morgan fingerprint density at radius 3 is 2.87 bits per heavy atom. The van der Waals surface area contributed by atoms with Crippen molar-refractivity contribution in [3.8, 4) is 5.75 Å². The number of aldehydes is 1. The zero-order valence-corrected chi connectivity index (χ0v) is 9.18. The number of aryl methyl sites for hydroxylation is 1. The lowest BCUT2D eigenvalue weighted by molar-refractivity contribution is 0.112. The summed E-state index contributed by atoms with van der Waals surface area (Å²) >= 11 is 6.05. The molecular weight excluding hydrogens is 214 g/mol. The Hall–Kier alpha value is -1.48. The first-order valence-corrected chi connectivity index (χ1v) is 4.86. The zero-order chi connectivity index (χ0) is 11.0. The van der Waals surface area contributed by atoms with E-state index in [1.807, 2.05) is 6.92 Å². The maximum atomic E-state index is 10.8. The topological polar surface area (TPSA) is 42.1 Å². The van der Waals surface area contributed by atoms with Gasteiger partial charge in [0.05, 0.1) is 12.6 Å². The molecule has 1 aromatic heterocycles. The number of fused-ring (bicyclic) bond motifs is 1. The number of hydrogen-bond donors (Lipinski definition) is 1. The first kappa shape index (κ1) is 10.1. The van der Waals surface area contributed by atoms with E-state index in [2.05, 4.69) is 4.98 Å². The molecular formula is C11H10ClNO2. The van der Waals surface area contributed by atoms with Crippen LogP contribution < -0.4 is 4.74 Å². The Balaban J connectivity index is 2.92. The number of hydrogen-bond acceptors (Lipinski definition) is 2. The average molecular weight is 224 g/mol. The summed E-state index contributed by atoms with van der Waals surface area (Å²) in [6, 6.07) is 1.74. The minimum Gasteiger partial charge on any atom is -0.495 e. The number of rotatable bonds is 2. The van der Waals surface area contributed by atoms with E-state index in [0.29, 0.717) is 16.3 Å². The number of aromatic nitrogens is 1.